The summed E-state index contributed by atoms with van der Waals surface area (Å²) >= 11 is 0. The predicted octanol–water partition coefficient (Wildman–Crippen LogP) is 6.75. The number of cyclic esters (lactones) is 1. The smallest absolute Gasteiger partial charge is 0.314 e. The third-order valence-electron chi connectivity index (χ3n) is 12.7. The van der Waals surface area contributed by atoms with E-state index in [4.69, 9.17) is 4.74 Å². The van der Waals surface area contributed by atoms with Crippen molar-refractivity contribution in [2.75, 3.05) is 0 Å². The minimum atomic E-state index is -1.00. The van der Waals surface area contributed by atoms with Gasteiger partial charge in [0.05, 0.1) is 5.41 Å². The molecule has 10 atom stereocenters. The number of esters is 1. The number of hydrogen-bond donors (Lipinski definition) is 1. The molecule has 1 aliphatic heterocycles. The van der Waals surface area contributed by atoms with Gasteiger partial charge in [-0.3, -0.25) is 4.79 Å². The molecule has 1 heterocycles. The Bertz CT molecular complexity index is 858. The molecule has 180 valence electrons. The normalized spacial score (nSPS) is 56.7. The molecule has 4 aliphatic carbocycles. The third kappa shape index (κ3) is 2.50. The second kappa shape index (κ2) is 6.64. The second-order valence-electron chi connectivity index (χ2n) is 14.1. The molecule has 3 heteroatoms. The zero-order valence-electron chi connectivity index (χ0n) is 21.8. The van der Waals surface area contributed by atoms with Gasteiger partial charge in [-0.1, -0.05) is 53.2 Å². The van der Waals surface area contributed by atoms with Crippen LogP contribution in [-0.4, -0.2) is 17.4 Å². The van der Waals surface area contributed by atoms with Crippen LogP contribution in [0.5, 0.6) is 0 Å². The summed E-state index contributed by atoms with van der Waals surface area (Å²) < 4.78 is 5.67. The van der Waals surface area contributed by atoms with Gasteiger partial charge in [0.2, 0.25) is 6.29 Å². The Morgan fingerprint density at radius 2 is 1.62 bits per heavy atom. The highest BCUT2D eigenvalue weighted by Crippen LogP contribution is 2.75. The van der Waals surface area contributed by atoms with Crippen LogP contribution in [0.1, 0.15) is 100 Å². The van der Waals surface area contributed by atoms with Crippen molar-refractivity contribution in [2.45, 2.75) is 107 Å². The van der Waals surface area contributed by atoms with E-state index in [0.29, 0.717) is 17.3 Å². The summed E-state index contributed by atoms with van der Waals surface area (Å²) in [5.41, 5.74) is 1.51. The molecule has 4 fully saturated rings. The van der Waals surface area contributed by atoms with Crippen LogP contribution in [0.3, 0.4) is 0 Å². The maximum absolute atomic E-state index is 12.7. The summed E-state index contributed by atoms with van der Waals surface area (Å²) in [6.07, 6.45) is 10.1. The molecule has 32 heavy (non-hydrogen) atoms. The summed E-state index contributed by atoms with van der Waals surface area (Å²) in [4.78, 5) is 12.7. The number of aliphatic hydroxyl groups is 1. The molecule has 0 aromatic carbocycles. The van der Waals surface area contributed by atoms with Gasteiger partial charge in [-0.05, 0) is 105 Å². The van der Waals surface area contributed by atoms with Gasteiger partial charge in [-0.15, -0.1) is 0 Å². The van der Waals surface area contributed by atoms with Crippen LogP contribution in [0.4, 0.5) is 0 Å². The van der Waals surface area contributed by atoms with Gasteiger partial charge in [-0.2, -0.15) is 0 Å². The first-order valence-corrected chi connectivity index (χ1v) is 13.3. The molecule has 0 radical (unpaired) electrons. The molecule has 1 N–H and O–H groups in total. The number of allylic oxidation sites excluding steroid dienone is 2. The van der Waals surface area contributed by atoms with E-state index >= 15 is 0 Å². The highest BCUT2D eigenvalue weighted by atomic mass is 16.6. The second-order valence-corrected chi connectivity index (χ2v) is 14.1. The third-order valence-corrected chi connectivity index (χ3v) is 12.7. The number of rotatable bonds is 0. The Labute approximate surface area is 195 Å². The average Bonchev–Trinajstić information content (AvgIpc) is 2.71. The molecular formula is C29H46O3. The fourth-order valence-electron chi connectivity index (χ4n) is 10.2. The first kappa shape index (κ1) is 22.9. The van der Waals surface area contributed by atoms with Crippen LogP contribution >= 0.6 is 0 Å². The van der Waals surface area contributed by atoms with Crippen molar-refractivity contribution in [3.05, 3.63) is 11.6 Å². The summed E-state index contributed by atoms with van der Waals surface area (Å²) in [5, 5.41) is 11.2. The highest BCUT2D eigenvalue weighted by molar-refractivity contribution is 5.77. The summed E-state index contributed by atoms with van der Waals surface area (Å²) in [7, 11) is 0. The Kier molecular flexibility index (Phi) is 4.76. The summed E-state index contributed by atoms with van der Waals surface area (Å²) in [6, 6.07) is 0. The standard InChI is InChI=1S/C29H46O3/c1-17-11-13-26(5)15-16-27(6)19(22(26)18(17)2)9-10-21-28(27,7)14-12-20-25(3,4)23(30)32-24(31)29(20,21)8/h9,17-18,20-22,24,31H,10-16H2,1-8H3/t17-,18+,20+,21+,22+,24+,26-,27-,28-,29+/m1/s1. The van der Waals surface area contributed by atoms with E-state index in [2.05, 4.69) is 47.6 Å². The number of fused-ring (bicyclic) bond motifs is 7. The summed E-state index contributed by atoms with van der Waals surface area (Å²) in [5.74, 6) is 2.45. The van der Waals surface area contributed by atoms with Gasteiger partial charge in [0.1, 0.15) is 0 Å². The van der Waals surface area contributed by atoms with E-state index in [0.717, 1.165) is 31.1 Å². The van der Waals surface area contributed by atoms with E-state index < -0.39 is 17.1 Å². The Morgan fingerprint density at radius 3 is 2.31 bits per heavy atom. The van der Waals surface area contributed by atoms with Crippen LogP contribution < -0.4 is 0 Å². The Balaban J connectivity index is 1.62. The molecule has 0 unspecified atom stereocenters. The molecule has 0 aromatic heterocycles. The number of ether oxygens (including phenoxy) is 1. The van der Waals surface area contributed by atoms with Crippen LogP contribution in [-0.2, 0) is 9.53 Å². The average molecular weight is 443 g/mol. The topological polar surface area (TPSA) is 46.5 Å². The first-order chi connectivity index (χ1) is 14.7. The van der Waals surface area contributed by atoms with Crippen molar-refractivity contribution >= 4 is 5.97 Å². The van der Waals surface area contributed by atoms with Crippen molar-refractivity contribution in [1.82, 2.24) is 0 Å². The molecule has 0 aromatic rings. The molecular weight excluding hydrogens is 396 g/mol. The highest BCUT2D eigenvalue weighted by Gasteiger charge is 2.71. The molecule has 0 spiro atoms. The van der Waals surface area contributed by atoms with Gasteiger partial charge in [0.25, 0.3) is 0 Å². The lowest BCUT2D eigenvalue weighted by atomic mass is 9.34. The van der Waals surface area contributed by atoms with Gasteiger partial charge in [0, 0.05) is 5.41 Å². The van der Waals surface area contributed by atoms with E-state index in [-0.39, 0.29) is 22.7 Å². The zero-order valence-corrected chi connectivity index (χ0v) is 21.8. The largest absolute Gasteiger partial charge is 0.435 e. The maximum Gasteiger partial charge on any atom is 0.314 e. The lowest BCUT2D eigenvalue weighted by Crippen LogP contribution is -2.68. The number of carbonyl (C=O) groups is 1. The molecule has 3 nitrogen and oxygen atoms in total. The summed E-state index contributed by atoms with van der Waals surface area (Å²) in [6.45, 7) is 18.9. The first-order valence-electron chi connectivity index (χ1n) is 13.3. The van der Waals surface area contributed by atoms with E-state index in [1.54, 1.807) is 5.57 Å². The molecule has 1 saturated heterocycles. The van der Waals surface area contributed by atoms with Gasteiger partial charge in [-0.25, -0.2) is 0 Å². The van der Waals surface area contributed by atoms with Crippen molar-refractivity contribution < 1.29 is 14.6 Å². The molecule has 0 bridgehead atoms. The SMILES string of the molecule is C[C@H]1[C@H](C)CC[C@]2(C)CC[C@]3(C)C(=CC[C@@H]4[C@@]5(C)[C@@H](O)OC(=O)C(C)(C)[C@@H]5CC[C@]43C)[C@H]12. The number of carbonyl (C=O) groups excluding carboxylic acids is 1. The van der Waals surface area contributed by atoms with Crippen LogP contribution in [0.2, 0.25) is 0 Å². The molecule has 5 aliphatic rings. The Hall–Kier alpha value is -0.830. The van der Waals surface area contributed by atoms with E-state index in [1.807, 2.05) is 13.8 Å². The molecule has 3 saturated carbocycles. The molecule has 5 rings (SSSR count). The van der Waals surface area contributed by atoms with Gasteiger partial charge < -0.3 is 9.84 Å². The van der Waals surface area contributed by atoms with Crippen LogP contribution in [0.15, 0.2) is 11.6 Å². The van der Waals surface area contributed by atoms with E-state index in [9.17, 15) is 9.90 Å². The minimum absolute atomic E-state index is 0.116. The lowest BCUT2D eigenvalue weighted by molar-refractivity contribution is -0.291. The minimum Gasteiger partial charge on any atom is -0.435 e. The lowest BCUT2D eigenvalue weighted by Gasteiger charge is -2.71. The molecule has 0 amide bonds. The number of aliphatic hydroxyl groups excluding tert-OH is 1. The van der Waals surface area contributed by atoms with Crippen molar-refractivity contribution in [2.24, 2.45) is 56.7 Å². The zero-order chi connectivity index (χ0) is 23.5. The fraction of sp³-hybridized carbons (Fsp3) is 0.897. The van der Waals surface area contributed by atoms with Gasteiger partial charge in [0.15, 0.2) is 0 Å². The number of hydrogen-bond acceptors (Lipinski definition) is 3. The monoisotopic (exact) mass is 442 g/mol. The maximum atomic E-state index is 12.7. The fourth-order valence-corrected chi connectivity index (χ4v) is 10.2. The quantitative estimate of drug-likeness (QED) is 0.333. The van der Waals surface area contributed by atoms with E-state index in [1.165, 1.54) is 25.7 Å². The van der Waals surface area contributed by atoms with Crippen LogP contribution in [0.25, 0.3) is 0 Å². The predicted molar refractivity (Wildman–Crippen MR) is 128 cm³/mol. The van der Waals surface area contributed by atoms with Crippen molar-refractivity contribution in [3.8, 4) is 0 Å². The van der Waals surface area contributed by atoms with Gasteiger partial charge >= 0.3 is 5.97 Å². The Morgan fingerprint density at radius 1 is 0.938 bits per heavy atom. The van der Waals surface area contributed by atoms with Crippen molar-refractivity contribution in [1.29, 1.82) is 0 Å². The van der Waals surface area contributed by atoms with Crippen molar-refractivity contribution in [3.63, 3.8) is 0 Å². The van der Waals surface area contributed by atoms with Crippen LogP contribution in [0, 0.1) is 56.7 Å².